The van der Waals surface area contributed by atoms with E-state index in [-0.39, 0.29) is 11.3 Å². The number of carbonyl (C=O) groups is 1. The Morgan fingerprint density at radius 1 is 1.27 bits per heavy atom. The minimum Gasteiger partial charge on any atom is -0.503 e. The van der Waals surface area contributed by atoms with Gasteiger partial charge < -0.3 is 14.9 Å². The van der Waals surface area contributed by atoms with E-state index in [9.17, 15) is 9.90 Å². The third kappa shape index (κ3) is 3.56. The lowest BCUT2D eigenvalue weighted by Gasteiger charge is -2.07. The number of nitrogens with zero attached hydrogens (tertiary/aromatic N) is 1. The quantitative estimate of drug-likeness (QED) is 0.559. The molecule has 0 fully saturated rings. The van der Waals surface area contributed by atoms with E-state index >= 15 is 0 Å². The van der Waals surface area contributed by atoms with Crippen LogP contribution in [0.2, 0.25) is 0 Å². The summed E-state index contributed by atoms with van der Waals surface area (Å²) < 4.78 is 5.47. The summed E-state index contributed by atoms with van der Waals surface area (Å²) in [6.45, 7) is 0. The van der Waals surface area contributed by atoms with E-state index < -0.39 is 5.97 Å². The number of halogens is 1. The van der Waals surface area contributed by atoms with Crippen LogP contribution in [0.4, 0.5) is 5.69 Å². The second kappa shape index (κ2) is 6.95. The van der Waals surface area contributed by atoms with Crippen molar-refractivity contribution < 1.29 is 19.7 Å². The topological polar surface area (TPSA) is 91.2 Å². The number of carboxylic acids is 1. The Balaban J connectivity index is 2.09. The maximum atomic E-state index is 10.7. The van der Waals surface area contributed by atoms with E-state index in [1.807, 2.05) is 0 Å². The summed E-state index contributed by atoms with van der Waals surface area (Å²) >= 11 is 3.27. The third-order valence-electron chi connectivity index (χ3n) is 2.86. The molecule has 2 rings (SSSR count). The molecule has 2 aromatic rings. The number of ether oxygens (including phenoxy) is 1. The average Bonchev–Trinajstić information content (AvgIpc) is 2.52. The highest BCUT2D eigenvalue weighted by atomic mass is 79.9. The number of nitrogens with one attached hydrogen (secondary N) is 1. The molecule has 2 aromatic carbocycles. The standard InChI is InChI=1S/C15H13BrN2O4/c1-22-12-7-4-10(13(16)14(12)19)8-17-18-11-5-2-9(3-6-11)15(20)21/h2-8,18-19H,1H3,(H,20,21)/b17-8+. The van der Waals surface area contributed by atoms with Gasteiger partial charge >= 0.3 is 5.97 Å². The smallest absolute Gasteiger partial charge is 0.335 e. The van der Waals surface area contributed by atoms with Crippen molar-refractivity contribution in [2.24, 2.45) is 5.10 Å². The van der Waals surface area contributed by atoms with E-state index in [2.05, 4.69) is 26.5 Å². The van der Waals surface area contributed by atoms with E-state index in [0.717, 1.165) is 0 Å². The number of carboxylic acid groups (broad SMARTS) is 1. The van der Waals surface area contributed by atoms with Crippen molar-refractivity contribution in [3.8, 4) is 11.5 Å². The number of hydrazone groups is 1. The summed E-state index contributed by atoms with van der Waals surface area (Å²) in [6.07, 6.45) is 1.52. The van der Waals surface area contributed by atoms with Crippen molar-refractivity contribution in [1.82, 2.24) is 0 Å². The van der Waals surface area contributed by atoms with Gasteiger partial charge in [-0.05, 0) is 52.3 Å². The average molecular weight is 365 g/mol. The first-order valence-electron chi connectivity index (χ1n) is 6.21. The highest BCUT2D eigenvalue weighted by Gasteiger charge is 2.09. The van der Waals surface area contributed by atoms with Crippen LogP contribution in [0, 0.1) is 0 Å². The molecule has 7 heteroatoms. The molecule has 0 radical (unpaired) electrons. The van der Waals surface area contributed by atoms with E-state index in [1.165, 1.54) is 25.5 Å². The lowest BCUT2D eigenvalue weighted by atomic mass is 10.2. The predicted molar refractivity (Wildman–Crippen MR) is 87.0 cm³/mol. The number of benzene rings is 2. The van der Waals surface area contributed by atoms with Crippen molar-refractivity contribution in [1.29, 1.82) is 0 Å². The maximum absolute atomic E-state index is 10.7. The van der Waals surface area contributed by atoms with Gasteiger partial charge in [-0.1, -0.05) is 0 Å². The number of anilines is 1. The molecule has 0 aliphatic carbocycles. The number of phenols is 1. The fourth-order valence-electron chi connectivity index (χ4n) is 1.69. The second-order valence-electron chi connectivity index (χ2n) is 4.27. The summed E-state index contributed by atoms with van der Waals surface area (Å²) in [7, 11) is 1.47. The van der Waals surface area contributed by atoms with Crippen molar-refractivity contribution >= 4 is 33.8 Å². The van der Waals surface area contributed by atoms with Gasteiger partial charge in [-0.25, -0.2) is 4.79 Å². The van der Waals surface area contributed by atoms with Crippen LogP contribution in [0.1, 0.15) is 15.9 Å². The summed E-state index contributed by atoms with van der Waals surface area (Å²) in [5.41, 5.74) is 4.29. The first-order valence-corrected chi connectivity index (χ1v) is 7.00. The Morgan fingerprint density at radius 2 is 1.95 bits per heavy atom. The minimum atomic E-state index is -0.979. The first kappa shape index (κ1) is 15.8. The number of phenolic OH excluding ortho intramolecular Hbond substituents is 1. The number of aromatic hydroxyl groups is 1. The van der Waals surface area contributed by atoms with Crippen molar-refractivity contribution in [2.75, 3.05) is 12.5 Å². The van der Waals surface area contributed by atoms with Gasteiger partial charge in [-0.2, -0.15) is 5.10 Å². The van der Waals surface area contributed by atoms with E-state index in [1.54, 1.807) is 24.3 Å². The van der Waals surface area contributed by atoms with Gasteiger partial charge in [0.15, 0.2) is 11.5 Å². The summed E-state index contributed by atoms with van der Waals surface area (Å²) in [6, 6.07) is 9.55. The summed E-state index contributed by atoms with van der Waals surface area (Å²) in [5, 5.41) is 22.7. The molecule has 3 N–H and O–H groups in total. The van der Waals surface area contributed by atoms with Crippen LogP contribution >= 0.6 is 15.9 Å². The maximum Gasteiger partial charge on any atom is 0.335 e. The molecule has 0 aliphatic heterocycles. The molecule has 114 valence electrons. The molecule has 0 bridgehead atoms. The zero-order chi connectivity index (χ0) is 16.1. The van der Waals surface area contributed by atoms with Crippen LogP contribution in [-0.4, -0.2) is 29.5 Å². The van der Waals surface area contributed by atoms with Crippen LogP contribution in [0.3, 0.4) is 0 Å². The van der Waals surface area contributed by atoms with Crippen LogP contribution < -0.4 is 10.2 Å². The largest absolute Gasteiger partial charge is 0.503 e. The van der Waals surface area contributed by atoms with Crippen LogP contribution in [0.5, 0.6) is 11.5 Å². The molecule has 0 saturated carbocycles. The Bertz CT molecular complexity index is 714. The Morgan fingerprint density at radius 3 is 2.55 bits per heavy atom. The highest BCUT2D eigenvalue weighted by Crippen LogP contribution is 2.35. The summed E-state index contributed by atoms with van der Waals surface area (Å²) in [4.78, 5) is 10.7. The highest BCUT2D eigenvalue weighted by molar-refractivity contribution is 9.10. The fraction of sp³-hybridized carbons (Fsp3) is 0.0667. The zero-order valence-corrected chi connectivity index (χ0v) is 13.2. The monoisotopic (exact) mass is 364 g/mol. The number of rotatable bonds is 5. The molecule has 0 saturated heterocycles. The summed E-state index contributed by atoms with van der Waals surface area (Å²) in [5.74, 6) is -0.619. The van der Waals surface area contributed by atoms with Gasteiger partial charge in [0.1, 0.15) is 0 Å². The normalized spacial score (nSPS) is 10.6. The van der Waals surface area contributed by atoms with Gasteiger partial charge in [0.2, 0.25) is 0 Å². The molecule has 0 atom stereocenters. The number of methoxy groups -OCH3 is 1. The molecular formula is C15H13BrN2O4. The minimum absolute atomic E-state index is 0.00254. The lowest BCUT2D eigenvalue weighted by Crippen LogP contribution is -1.96. The van der Waals surface area contributed by atoms with Crippen LogP contribution in [0.25, 0.3) is 0 Å². The fourth-order valence-corrected chi connectivity index (χ4v) is 2.12. The van der Waals surface area contributed by atoms with Crippen LogP contribution in [0.15, 0.2) is 46.0 Å². The van der Waals surface area contributed by atoms with Gasteiger partial charge in [0.25, 0.3) is 0 Å². The number of hydrogen-bond donors (Lipinski definition) is 3. The molecule has 0 spiro atoms. The molecular weight excluding hydrogens is 352 g/mol. The van der Waals surface area contributed by atoms with E-state index in [4.69, 9.17) is 9.84 Å². The third-order valence-corrected chi connectivity index (χ3v) is 3.69. The Kier molecular flexibility index (Phi) is 5.00. The van der Waals surface area contributed by atoms with Crippen molar-refractivity contribution in [3.63, 3.8) is 0 Å². The molecule has 0 aromatic heterocycles. The number of hydrogen-bond acceptors (Lipinski definition) is 5. The van der Waals surface area contributed by atoms with Gasteiger partial charge in [0, 0.05) is 5.56 Å². The second-order valence-corrected chi connectivity index (χ2v) is 5.07. The van der Waals surface area contributed by atoms with Gasteiger partial charge in [0.05, 0.1) is 29.0 Å². The molecule has 0 amide bonds. The molecule has 0 unspecified atom stereocenters. The Hall–Kier alpha value is -2.54. The molecule has 22 heavy (non-hydrogen) atoms. The van der Waals surface area contributed by atoms with Gasteiger partial charge in [-0.3, -0.25) is 5.43 Å². The first-order chi connectivity index (χ1) is 10.5. The van der Waals surface area contributed by atoms with Gasteiger partial charge in [-0.15, -0.1) is 0 Å². The van der Waals surface area contributed by atoms with Crippen molar-refractivity contribution in [3.05, 3.63) is 52.0 Å². The Labute approximate surface area is 135 Å². The van der Waals surface area contributed by atoms with Crippen LogP contribution in [-0.2, 0) is 0 Å². The zero-order valence-electron chi connectivity index (χ0n) is 11.6. The SMILES string of the molecule is COc1ccc(/C=N/Nc2ccc(C(=O)O)cc2)c(Br)c1O. The molecule has 0 aliphatic rings. The molecule has 6 nitrogen and oxygen atoms in total. The lowest BCUT2D eigenvalue weighted by molar-refractivity contribution is 0.0697. The van der Waals surface area contributed by atoms with Crippen molar-refractivity contribution in [2.45, 2.75) is 0 Å². The van der Waals surface area contributed by atoms with E-state index in [0.29, 0.717) is 21.5 Å². The number of aromatic carboxylic acids is 1. The molecule has 0 heterocycles. The predicted octanol–water partition coefficient (Wildman–Crippen LogP) is 3.31.